The molecule has 1 N–H and O–H groups in total. The van der Waals surface area contributed by atoms with Crippen molar-refractivity contribution in [1.82, 2.24) is 10.2 Å². The Morgan fingerprint density at radius 3 is 2.19 bits per heavy atom. The van der Waals surface area contributed by atoms with Crippen molar-refractivity contribution in [2.45, 2.75) is 83.1 Å². The van der Waals surface area contributed by atoms with Gasteiger partial charge in [-0.05, 0) is 114 Å². The number of amides is 1. The lowest BCUT2D eigenvalue weighted by atomic mass is 9.83. The zero-order valence-corrected chi connectivity index (χ0v) is 19.4. The van der Waals surface area contributed by atoms with Crippen LogP contribution in [0, 0.1) is 23.6 Å². The molecular formula is C27H39FN2O2. The largest absolute Gasteiger partial charge is 0.353 e. The average Bonchev–Trinajstić information content (AvgIpc) is 3.32. The van der Waals surface area contributed by atoms with E-state index in [1.165, 1.54) is 57.1 Å². The molecule has 5 heteroatoms. The van der Waals surface area contributed by atoms with E-state index in [2.05, 4.69) is 10.2 Å². The molecule has 3 aliphatic rings. The molecule has 176 valence electrons. The molecule has 1 amide bonds. The van der Waals surface area contributed by atoms with Crippen molar-refractivity contribution in [2.75, 3.05) is 19.6 Å². The topological polar surface area (TPSA) is 49.4 Å². The first-order valence-corrected chi connectivity index (χ1v) is 12.9. The van der Waals surface area contributed by atoms with Crippen LogP contribution in [0.4, 0.5) is 4.39 Å². The Labute approximate surface area is 192 Å². The van der Waals surface area contributed by atoms with Gasteiger partial charge in [-0.3, -0.25) is 9.59 Å². The molecular weight excluding hydrogens is 403 g/mol. The van der Waals surface area contributed by atoms with Crippen LogP contribution < -0.4 is 5.32 Å². The second-order valence-corrected chi connectivity index (χ2v) is 10.4. The third-order valence-corrected chi connectivity index (χ3v) is 8.10. The van der Waals surface area contributed by atoms with Gasteiger partial charge in [-0.15, -0.1) is 0 Å². The molecule has 3 fully saturated rings. The van der Waals surface area contributed by atoms with Crippen LogP contribution in [0.3, 0.4) is 0 Å². The molecule has 32 heavy (non-hydrogen) atoms. The highest BCUT2D eigenvalue weighted by Gasteiger charge is 2.28. The molecule has 1 aromatic rings. The lowest BCUT2D eigenvalue weighted by Gasteiger charge is -2.34. The summed E-state index contributed by atoms with van der Waals surface area (Å²) >= 11 is 0. The number of nitrogens with one attached hydrogen (secondary N) is 1. The van der Waals surface area contributed by atoms with Gasteiger partial charge in [-0.25, -0.2) is 4.39 Å². The first kappa shape index (κ1) is 23.4. The molecule has 2 aliphatic carbocycles. The van der Waals surface area contributed by atoms with Crippen LogP contribution in [-0.4, -0.2) is 42.3 Å². The van der Waals surface area contributed by atoms with Gasteiger partial charge >= 0.3 is 0 Å². The van der Waals surface area contributed by atoms with E-state index in [0.717, 1.165) is 57.7 Å². The zero-order valence-electron chi connectivity index (χ0n) is 19.4. The quantitative estimate of drug-likeness (QED) is 0.551. The number of benzene rings is 1. The number of hydrogen-bond acceptors (Lipinski definition) is 3. The molecule has 2 saturated carbocycles. The predicted octanol–water partition coefficient (Wildman–Crippen LogP) is 5.37. The maximum absolute atomic E-state index is 13.1. The molecule has 0 unspecified atom stereocenters. The average molecular weight is 443 g/mol. The SMILES string of the molecule is O=C(CC1CCCC1)N[C@H]1CC[C@H](CCN2CCC(C(=O)c3ccc(F)cc3)CC2)CC1. The van der Waals surface area contributed by atoms with E-state index in [0.29, 0.717) is 17.5 Å². The standard InChI is InChI=1S/C27H39FN2O2/c28-24-9-7-22(8-10-24)27(32)23-14-17-30(18-15-23)16-13-20-5-11-25(12-6-20)29-26(31)19-21-3-1-2-4-21/h7-10,20-21,23,25H,1-6,11-19H2,(H,29,31)/t20-,25-. The molecule has 0 radical (unpaired) electrons. The molecule has 0 aromatic heterocycles. The Balaban J connectivity index is 1.10. The second-order valence-electron chi connectivity index (χ2n) is 10.4. The number of likely N-dealkylation sites (tertiary alicyclic amines) is 1. The summed E-state index contributed by atoms with van der Waals surface area (Å²) in [4.78, 5) is 27.5. The number of halogens is 1. The van der Waals surface area contributed by atoms with Crippen LogP contribution in [0.2, 0.25) is 0 Å². The fourth-order valence-electron chi connectivity index (χ4n) is 5.99. The van der Waals surface area contributed by atoms with Gasteiger partial charge < -0.3 is 10.2 Å². The van der Waals surface area contributed by atoms with E-state index in [1.54, 1.807) is 12.1 Å². The summed E-state index contributed by atoms with van der Waals surface area (Å²) in [5, 5.41) is 3.30. The number of nitrogens with zero attached hydrogens (tertiary/aromatic N) is 1. The highest BCUT2D eigenvalue weighted by atomic mass is 19.1. The summed E-state index contributed by atoms with van der Waals surface area (Å²) in [6.45, 7) is 3.06. The number of Topliss-reactive ketones (excluding diaryl/α,β-unsaturated/α-hetero) is 1. The molecule has 1 aliphatic heterocycles. The van der Waals surface area contributed by atoms with Crippen molar-refractivity contribution in [3.63, 3.8) is 0 Å². The van der Waals surface area contributed by atoms with E-state index < -0.39 is 0 Å². The maximum Gasteiger partial charge on any atom is 0.220 e. The Hall–Kier alpha value is -1.75. The monoisotopic (exact) mass is 442 g/mol. The van der Waals surface area contributed by atoms with Crippen molar-refractivity contribution in [1.29, 1.82) is 0 Å². The summed E-state index contributed by atoms with van der Waals surface area (Å²) in [6.07, 6.45) is 13.5. The van der Waals surface area contributed by atoms with Crippen molar-refractivity contribution in [3.8, 4) is 0 Å². The Morgan fingerprint density at radius 2 is 1.53 bits per heavy atom. The third-order valence-electron chi connectivity index (χ3n) is 8.10. The predicted molar refractivity (Wildman–Crippen MR) is 125 cm³/mol. The Bertz CT molecular complexity index is 743. The Kier molecular flexibility index (Phi) is 8.34. The van der Waals surface area contributed by atoms with Crippen molar-refractivity contribution >= 4 is 11.7 Å². The van der Waals surface area contributed by atoms with E-state index in [9.17, 15) is 14.0 Å². The second kappa shape index (κ2) is 11.4. The molecule has 0 atom stereocenters. The van der Waals surface area contributed by atoms with Crippen molar-refractivity contribution < 1.29 is 14.0 Å². The normalized spacial score (nSPS) is 25.7. The minimum Gasteiger partial charge on any atom is -0.353 e. The molecule has 1 aromatic carbocycles. The number of piperidine rings is 1. The lowest BCUT2D eigenvalue weighted by Crippen LogP contribution is -2.39. The molecule has 0 bridgehead atoms. The van der Waals surface area contributed by atoms with Gasteiger partial charge in [-0.1, -0.05) is 12.8 Å². The van der Waals surface area contributed by atoms with Gasteiger partial charge in [0.05, 0.1) is 0 Å². The molecule has 1 heterocycles. The van der Waals surface area contributed by atoms with Gasteiger partial charge in [0.25, 0.3) is 0 Å². The van der Waals surface area contributed by atoms with E-state index in [-0.39, 0.29) is 23.4 Å². The van der Waals surface area contributed by atoms with Gasteiger partial charge in [-0.2, -0.15) is 0 Å². The smallest absolute Gasteiger partial charge is 0.220 e. The summed E-state index contributed by atoms with van der Waals surface area (Å²) in [5.41, 5.74) is 0.636. The molecule has 4 nitrogen and oxygen atoms in total. The van der Waals surface area contributed by atoms with Crippen LogP contribution in [0.1, 0.15) is 87.4 Å². The van der Waals surface area contributed by atoms with Crippen LogP contribution in [-0.2, 0) is 4.79 Å². The Morgan fingerprint density at radius 1 is 0.875 bits per heavy atom. The maximum atomic E-state index is 13.1. The summed E-state index contributed by atoms with van der Waals surface area (Å²) in [7, 11) is 0. The van der Waals surface area contributed by atoms with E-state index >= 15 is 0 Å². The highest BCUT2D eigenvalue weighted by Crippen LogP contribution is 2.30. The molecule has 0 spiro atoms. The van der Waals surface area contributed by atoms with Crippen molar-refractivity contribution in [2.24, 2.45) is 17.8 Å². The lowest BCUT2D eigenvalue weighted by molar-refractivity contribution is -0.123. The van der Waals surface area contributed by atoms with Crippen LogP contribution in [0.15, 0.2) is 24.3 Å². The van der Waals surface area contributed by atoms with Crippen LogP contribution >= 0.6 is 0 Å². The highest BCUT2D eigenvalue weighted by molar-refractivity contribution is 5.97. The van der Waals surface area contributed by atoms with Crippen molar-refractivity contribution in [3.05, 3.63) is 35.6 Å². The first-order chi connectivity index (χ1) is 15.6. The van der Waals surface area contributed by atoms with Crippen LogP contribution in [0.25, 0.3) is 0 Å². The molecule has 1 saturated heterocycles. The first-order valence-electron chi connectivity index (χ1n) is 12.9. The minimum atomic E-state index is -0.295. The fourth-order valence-corrected chi connectivity index (χ4v) is 5.99. The zero-order chi connectivity index (χ0) is 22.3. The number of rotatable bonds is 8. The fraction of sp³-hybridized carbons (Fsp3) is 0.704. The van der Waals surface area contributed by atoms with E-state index in [1.807, 2.05) is 0 Å². The van der Waals surface area contributed by atoms with Gasteiger partial charge in [0.15, 0.2) is 5.78 Å². The number of carbonyl (C=O) groups is 2. The van der Waals surface area contributed by atoms with Gasteiger partial charge in [0.1, 0.15) is 5.82 Å². The van der Waals surface area contributed by atoms with Crippen LogP contribution in [0.5, 0.6) is 0 Å². The molecule has 4 rings (SSSR count). The minimum absolute atomic E-state index is 0.0694. The third kappa shape index (κ3) is 6.63. The number of hydrogen-bond donors (Lipinski definition) is 1. The number of carbonyl (C=O) groups excluding carboxylic acids is 2. The van der Waals surface area contributed by atoms with Gasteiger partial charge in [0, 0.05) is 23.9 Å². The van der Waals surface area contributed by atoms with E-state index in [4.69, 9.17) is 0 Å². The summed E-state index contributed by atoms with van der Waals surface area (Å²) in [5.74, 6) is 1.60. The number of ketones is 1. The van der Waals surface area contributed by atoms with Gasteiger partial charge in [0.2, 0.25) is 5.91 Å². The summed E-state index contributed by atoms with van der Waals surface area (Å²) in [6, 6.07) is 6.35. The summed E-state index contributed by atoms with van der Waals surface area (Å²) < 4.78 is 13.1.